The number of nitrogens with zero attached hydrogens (tertiary/aromatic N) is 3. The molecule has 0 amide bonds. The van der Waals surface area contributed by atoms with Gasteiger partial charge in [0.1, 0.15) is 6.73 Å². The molecule has 0 saturated heterocycles. The molecule has 0 aliphatic rings. The number of aromatic amines is 1. The number of aliphatic hydroxyl groups excluding tert-OH is 1. The number of ether oxygens (including phenoxy) is 1. The van der Waals surface area contributed by atoms with Crippen molar-refractivity contribution in [2.24, 2.45) is 0 Å². The molecule has 0 fully saturated rings. The molecule has 2 heterocycles. The third-order valence-corrected chi connectivity index (χ3v) is 3.73. The van der Waals surface area contributed by atoms with Crippen LogP contribution in [0.15, 0.2) is 11.1 Å². The molecule has 0 aromatic carbocycles. The number of H-pyrrole nitrogens is 1. The van der Waals surface area contributed by atoms with E-state index in [1.807, 2.05) is 0 Å². The highest BCUT2D eigenvalue weighted by Gasteiger charge is 2.18. The Morgan fingerprint density at radius 1 is 1.26 bits per heavy atom. The maximum Gasteiger partial charge on any atom is 0.466 e. The van der Waals surface area contributed by atoms with E-state index in [4.69, 9.17) is 44.6 Å². The van der Waals surface area contributed by atoms with E-state index in [2.05, 4.69) is 15.0 Å². The number of rotatable bonds is 7. The van der Waals surface area contributed by atoms with Gasteiger partial charge in [-0.25, -0.2) is 9.55 Å². The SMILES string of the molecule is Nc1nc2c(ncn2CO[C@@H](CO)CCP(=O)(O)O)c(=O)[nH]1.O=P(O)(O)O. The molecular formula is C10H19N5O10P2. The number of fused-ring (bicyclic) bond motifs is 1. The maximum atomic E-state index is 11.6. The van der Waals surface area contributed by atoms with E-state index in [-0.39, 0.29) is 30.3 Å². The molecular weight excluding hydrogens is 412 g/mol. The van der Waals surface area contributed by atoms with Crippen molar-refractivity contribution in [1.82, 2.24) is 19.5 Å². The van der Waals surface area contributed by atoms with Gasteiger partial charge < -0.3 is 40.0 Å². The summed E-state index contributed by atoms with van der Waals surface area (Å²) in [5.74, 6) is -0.0699. The Morgan fingerprint density at radius 3 is 2.37 bits per heavy atom. The zero-order valence-corrected chi connectivity index (χ0v) is 15.4. The van der Waals surface area contributed by atoms with Gasteiger partial charge >= 0.3 is 15.4 Å². The van der Waals surface area contributed by atoms with Gasteiger partial charge in [-0.3, -0.25) is 18.9 Å². The maximum absolute atomic E-state index is 11.6. The Kier molecular flexibility index (Phi) is 8.23. The van der Waals surface area contributed by atoms with Gasteiger partial charge in [0.25, 0.3) is 5.56 Å². The van der Waals surface area contributed by atoms with E-state index in [9.17, 15) is 9.36 Å². The van der Waals surface area contributed by atoms with Crippen LogP contribution in [0.5, 0.6) is 0 Å². The van der Waals surface area contributed by atoms with E-state index in [0.717, 1.165) is 0 Å². The van der Waals surface area contributed by atoms with Crippen LogP contribution in [-0.4, -0.2) is 68.0 Å². The van der Waals surface area contributed by atoms with Gasteiger partial charge in [-0.15, -0.1) is 0 Å². The second kappa shape index (κ2) is 9.50. The lowest BCUT2D eigenvalue weighted by Gasteiger charge is -2.16. The van der Waals surface area contributed by atoms with Gasteiger partial charge in [0.2, 0.25) is 5.95 Å². The Balaban J connectivity index is 0.000000646. The molecule has 2 rings (SSSR count). The lowest BCUT2D eigenvalue weighted by molar-refractivity contribution is -0.0239. The minimum absolute atomic E-state index is 0.0104. The summed E-state index contributed by atoms with van der Waals surface area (Å²) in [7, 11) is -8.79. The van der Waals surface area contributed by atoms with E-state index in [0.29, 0.717) is 0 Å². The van der Waals surface area contributed by atoms with Crippen molar-refractivity contribution in [3.8, 4) is 0 Å². The molecule has 15 nitrogen and oxygen atoms in total. The highest BCUT2D eigenvalue weighted by Crippen LogP contribution is 2.35. The van der Waals surface area contributed by atoms with Crippen molar-refractivity contribution in [3.63, 3.8) is 0 Å². The first-order valence-electron chi connectivity index (χ1n) is 7.06. The second-order valence-corrected chi connectivity index (χ2v) is 7.93. The van der Waals surface area contributed by atoms with Gasteiger partial charge in [0.05, 0.1) is 25.2 Å². The number of phosphoric acid groups is 1. The van der Waals surface area contributed by atoms with Crippen molar-refractivity contribution in [2.45, 2.75) is 19.3 Å². The van der Waals surface area contributed by atoms with Crippen LogP contribution in [0.25, 0.3) is 11.2 Å². The number of nitrogen functional groups attached to an aromatic ring is 1. The molecule has 17 heteroatoms. The van der Waals surface area contributed by atoms with Crippen LogP contribution in [-0.2, 0) is 20.6 Å². The first-order chi connectivity index (χ1) is 12.3. The first kappa shape index (κ1) is 23.4. The highest BCUT2D eigenvalue weighted by molar-refractivity contribution is 7.51. The van der Waals surface area contributed by atoms with Crippen LogP contribution >= 0.6 is 15.4 Å². The zero-order valence-electron chi connectivity index (χ0n) is 13.6. The average Bonchev–Trinajstić information content (AvgIpc) is 2.88. The summed E-state index contributed by atoms with van der Waals surface area (Å²) in [5.41, 5.74) is 5.28. The number of imidazole rings is 1. The van der Waals surface area contributed by atoms with E-state index >= 15 is 0 Å². The molecule has 0 spiro atoms. The highest BCUT2D eigenvalue weighted by atomic mass is 31.2. The predicted octanol–water partition coefficient (Wildman–Crippen LogP) is -2.32. The van der Waals surface area contributed by atoms with Crippen molar-refractivity contribution >= 4 is 32.5 Å². The molecule has 154 valence electrons. The Morgan fingerprint density at radius 2 is 1.85 bits per heavy atom. The summed E-state index contributed by atoms with van der Waals surface area (Å²) in [6, 6.07) is 0. The number of hydrogen-bond donors (Lipinski definition) is 8. The van der Waals surface area contributed by atoms with Crippen LogP contribution in [0, 0.1) is 0 Å². The molecule has 27 heavy (non-hydrogen) atoms. The Hall–Kier alpha value is -1.67. The molecule has 0 radical (unpaired) electrons. The van der Waals surface area contributed by atoms with Crippen molar-refractivity contribution in [2.75, 3.05) is 18.5 Å². The monoisotopic (exact) mass is 431 g/mol. The smallest absolute Gasteiger partial charge is 0.394 e. The van der Waals surface area contributed by atoms with E-state index < -0.39 is 39.9 Å². The fraction of sp³-hybridized carbons (Fsp3) is 0.500. The number of aliphatic hydroxyl groups is 1. The number of hydrogen-bond acceptors (Lipinski definition) is 8. The lowest BCUT2D eigenvalue weighted by atomic mass is 10.3. The molecule has 0 unspecified atom stereocenters. The average molecular weight is 431 g/mol. The summed E-state index contributed by atoms with van der Waals surface area (Å²) >= 11 is 0. The van der Waals surface area contributed by atoms with Crippen molar-refractivity contribution in [1.29, 1.82) is 0 Å². The van der Waals surface area contributed by atoms with Crippen LogP contribution in [0.1, 0.15) is 6.42 Å². The summed E-state index contributed by atoms with van der Waals surface area (Å²) < 4.78 is 26.5. The van der Waals surface area contributed by atoms with Crippen LogP contribution in [0.3, 0.4) is 0 Å². The minimum Gasteiger partial charge on any atom is -0.394 e. The molecule has 9 N–H and O–H groups in total. The summed E-state index contributed by atoms with van der Waals surface area (Å²) in [6.45, 7) is -0.498. The standard InChI is InChI=1S/C10H16N5O6P.H3O4P/c11-10-13-8-7(9(17)14-10)12-4-15(8)5-21-6(3-16)1-2-22(18,19)20;1-5(2,3)4/h4,6,16H,1-3,5H2,(H2,18,19,20)(H3,11,13,14,17);(H3,1,2,3,4)/t6-;/m1./s1. The predicted molar refractivity (Wildman–Crippen MR) is 90.3 cm³/mol. The van der Waals surface area contributed by atoms with Crippen molar-refractivity contribution in [3.05, 3.63) is 16.7 Å². The molecule has 0 bridgehead atoms. The Bertz CT molecular complexity index is 893. The van der Waals surface area contributed by atoms with Crippen LogP contribution in [0.2, 0.25) is 0 Å². The van der Waals surface area contributed by atoms with Crippen LogP contribution < -0.4 is 11.3 Å². The van der Waals surface area contributed by atoms with E-state index in [1.165, 1.54) is 10.9 Å². The van der Waals surface area contributed by atoms with E-state index in [1.54, 1.807) is 0 Å². The fourth-order valence-corrected chi connectivity index (χ4v) is 2.41. The fourth-order valence-electron chi connectivity index (χ4n) is 1.79. The molecule has 0 aliphatic carbocycles. The Labute approximate surface area is 150 Å². The normalized spacial score (nSPS) is 13.3. The molecule has 1 atom stereocenters. The van der Waals surface area contributed by atoms with Crippen LogP contribution in [0.4, 0.5) is 5.95 Å². The third kappa shape index (κ3) is 9.19. The van der Waals surface area contributed by atoms with Crippen molar-refractivity contribution < 1.29 is 43.4 Å². The molecule has 0 saturated carbocycles. The molecule has 2 aromatic heterocycles. The van der Waals surface area contributed by atoms with Gasteiger partial charge in [-0.05, 0) is 6.42 Å². The van der Waals surface area contributed by atoms with Gasteiger partial charge in [-0.2, -0.15) is 4.98 Å². The number of nitrogens with one attached hydrogen (secondary N) is 1. The molecule has 2 aromatic rings. The minimum atomic E-state index is -4.64. The topological polar surface area (TPSA) is 254 Å². The second-order valence-electron chi connectivity index (χ2n) is 5.13. The third-order valence-electron chi connectivity index (χ3n) is 2.89. The first-order valence-corrected chi connectivity index (χ1v) is 10.4. The van der Waals surface area contributed by atoms with Gasteiger partial charge in [0, 0.05) is 0 Å². The van der Waals surface area contributed by atoms with Gasteiger partial charge in [-0.1, -0.05) is 0 Å². The number of anilines is 1. The largest absolute Gasteiger partial charge is 0.466 e. The summed E-state index contributed by atoms with van der Waals surface area (Å²) in [5, 5.41) is 9.16. The lowest BCUT2D eigenvalue weighted by Crippen LogP contribution is -2.21. The molecule has 0 aliphatic heterocycles. The number of aromatic nitrogens is 4. The zero-order chi connectivity index (χ0) is 20.8. The summed E-state index contributed by atoms with van der Waals surface area (Å²) in [4.78, 5) is 60.9. The number of nitrogens with two attached hydrogens (primary N) is 1. The summed E-state index contributed by atoms with van der Waals surface area (Å²) in [6.07, 6.45) is 0.158. The quantitative estimate of drug-likeness (QED) is 0.214. The van der Waals surface area contributed by atoms with Gasteiger partial charge in [0.15, 0.2) is 11.2 Å².